The topological polar surface area (TPSA) is 72.2 Å². The average Bonchev–Trinajstić information content (AvgIpc) is 3.21. The number of nitrogens with zero attached hydrogens (tertiary/aromatic N) is 4. The third-order valence-corrected chi connectivity index (χ3v) is 4.58. The molecule has 4 rings (SSSR count). The van der Waals surface area contributed by atoms with Gasteiger partial charge in [0.05, 0.1) is 0 Å². The van der Waals surface area contributed by atoms with Gasteiger partial charge in [0.1, 0.15) is 0 Å². The molecule has 2 aromatic heterocycles. The van der Waals surface area contributed by atoms with Crippen LogP contribution in [0.25, 0.3) is 22.4 Å². The maximum Gasteiger partial charge on any atom is 0.250 e. The number of hydrogen-bond acceptors (Lipinski definition) is 5. The summed E-state index contributed by atoms with van der Waals surface area (Å²) in [4.78, 5) is 12.7. The van der Waals surface area contributed by atoms with Gasteiger partial charge in [-0.3, -0.25) is 10.1 Å². The van der Waals surface area contributed by atoms with E-state index < -0.39 is 0 Å². The van der Waals surface area contributed by atoms with E-state index in [0.29, 0.717) is 20.9 Å². The first-order valence-corrected chi connectivity index (χ1v) is 8.91. The molecule has 8 heteroatoms. The fourth-order valence-corrected chi connectivity index (χ4v) is 3.29. The summed E-state index contributed by atoms with van der Waals surface area (Å²) in [5, 5.41) is 16.4. The Bertz CT molecular complexity index is 1100. The number of fused-ring (bicyclic) bond motifs is 1. The molecule has 2 aromatic carbocycles. The number of rotatable bonds is 4. The number of hydrogen-bond donors (Lipinski definition) is 1. The van der Waals surface area contributed by atoms with Crippen LogP contribution in [-0.4, -0.2) is 25.7 Å². The van der Waals surface area contributed by atoms with Gasteiger partial charge in [-0.1, -0.05) is 65.4 Å². The molecule has 0 unspecified atom stereocenters. The van der Waals surface area contributed by atoms with Crippen molar-refractivity contribution in [3.8, 4) is 11.4 Å². The van der Waals surface area contributed by atoms with Gasteiger partial charge in [-0.05, 0) is 23.8 Å². The average molecular weight is 382 g/mol. The van der Waals surface area contributed by atoms with Crippen LogP contribution in [0.15, 0.2) is 60.7 Å². The molecule has 0 radical (unpaired) electrons. The number of nitrogens with one attached hydrogen (secondary N) is 1. The molecule has 0 bridgehead atoms. The van der Waals surface area contributed by atoms with E-state index in [1.54, 1.807) is 22.7 Å². The van der Waals surface area contributed by atoms with E-state index in [-0.39, 0.29) is 5.91 Å². The first-order chi connectivity index (χ1) is 12.7. The molecule has 4 aromatic rings. The molecule has 0 aliphatic carbocycles. The normalized spacial score (nSPS) is 11.3. The van der Waals surface area contributed by atoms with E-state index in [2.05, 4.69) is 20.6 Å². The van der Waals surface area contributed by atoms with Crippen molar-refractivity contribution in [3.05, 3.63) is 71.3 Å². The van der Waals surface area contributed by atoms with Crippen LogP contribution < -0.4 is 5.32 Å². The maximum atomic E-state index is 12.1. The summed E-state index contributed by atoms with van der Waals surface area (Å²) in [5.41, 5.74) is 1.75. The number of amides is 1. The van der Waals surface area contributed by atoms with Gasteiger partial charge in [-0.25, -0.2) is 0 Å². The van der Waals surface area contributed by atoms with E-state index >= 15 is 0 Å². The van der Waals surface area contributed by atoms with Gasteiger partial charge in [-0.2, -0.15) is 4.52 Å². The minimum absolute atomic E-state index is 0.261. The smallest absolute Gasteiger partial charge is 0.250 e. The molecule has 1 amide bonds. The second-order valence-corrected chi connectivity index (χ2v) is 6.76. The fraction of sp³-hybridized carbons (Fsp3) is 0. The highest BCUT2D eigenvalue weighted by atomic mass is 35.5. The lowest BCUT2D eigenvalue weighted by atomic mass is 10.2. The van der Waals surface area contributed by atoms with Crippen molar-refractivity contribution in [2.45, 2.75) is 0 Å². The summed E-state index contributed by atoms with van der Waals surface area (Å²) in [6.45, 7) is 0. The maximum absolute atomic E-state index is 12.1. The summed E-state index contributed by atoms with van der Waals surface area (Å²) in [5.74, 6) is 0.308. The van der Waals surface area contributed by atoms with Crippen molar-refractivity contribution in [3.63, 3.8) is 0 Å². The van der Waals surface area contributed by atoms with Crippen molar-refractivity contribution >= 4 is 45.0 Å². The Labute approximate surface area is 157 Å². The predicted octanol–water partition coefficient (Wildman–Crippen LogP) is 4.16. The minimum Gasteiger partial charge on any atom is -0.297 e. The van der Waals surface area contributed by atoms with Crippen LogP contribution >= 0.6 is 22.9 Å². The highest BCUT2D eigenvalue weighted by Crippen LogP contribution is 2.25. The van der Waals surface area contributed by atoms with Crippen LogP contribution in [0.1, 0.15) is 5.56 Å². The molecule has 0 saturated heterocycles. The second-order valence-electron chi connectivity index (χ2n) is 5.37. The molecule has 6 nitrogen and oxygen atoms in total. The van der Waals surface area contributed by atoms with Crippen molar-refractivity contribution in [2.75, 3.05) is 5.32 Å². The van der Waals surface area contributed by atoms with Crippen molar-refractivity contribution < 1.29 is 4.79 Å². The number of anilines is 1. The lowest BCUT2D eigenvalue weighted by Crippen LogP contribution is -2.07. The number of carbonyl (C=O) groups excluding carboxylic acids is 1. The van der Waals surface area contributed by atoms with Gasteiger partial charge >= 0.3 is 0 Å². The fourth-order valence-electron chi connectivity index (χ4n) is 2.36. The molecular formula is C18H12ClN5OS. The van der Waals surface area contributed by atoms with Crippen LogP contribution in [0.3, 0.4) is 0 Å². The van der Waals surface area contributed by atoms with E-state index in [4.69, 9.17) is 11.6 Å². The predicted molar refractivity (Wildman–Crippen MR) is 103 cm³/mol. The third kappa shape index (κ3) is 3.49. The Balaban J connectivity index is 1.55. The van der Waals surface area contributed by atoms with Gasteiger partial charge in [0.2, 0.25) is 16.0 Å². The zero-order valence-electron chi connectivity index (χ0n) is 13.3. The molecular weight excluding hydrogens is 370 g/mol. The Morgan fingerprint density at radius 1 is 1.12 bits per heavy atom. The van der Waals surface area contributed by atoms with Crippen LogP contribution in [0.2, 0.25) is 5.02 Å². The van der Waals surface area contributed by atoms with E-state index in [0.717, 1.165) is 11.1 Å². The second kappa shape index (κ2) is 7.07. The van der Waals surface area contributed by atoms with E-state index in [1.165, 1.54) is 17.4 Å². The number of halogens is 1. The van der Waals surface area contributed by atoms with Gasteiger partial charge in [0.25, 0.3) is 0 Å². The van der Waals surface area contributed by atoms with E-state index in [9.17, 15) is 4.79 Å². The molecule has 26 heavy (non-hydrogen) atoms. The molecule has 0 fully saturated rings. The molecule has 128 valence electrons. The van der Waals surface area contributed by atoms with Crippen molar-refractivity contribution in [1.29, 1.82) is 0 Å². The van der Waals surface area contributed by atoms with Crippen LogP contribution in [0, 0.1) is 0 Å². The first-order valence-electron chi connectivity index (χ1n) is 7.71. The largest absolute Gasteiger partial charge is 0.297 e. The standard InChI is InChI=1S/C18H12ClN5OS/c19-14-8-4-7-13(11-14)16-21-22-18-24(16)23-17(26-18)20-15(25)10-9-12-5-2-1-3-6-12/h1-11H,(H,20,23,25)/b10-9+. The molecule has 1 N–H and O–H groups in total. The van der Waals surface area contributed by atoms with Crippen molar-refractivity contribution in [2.24, 2.45) is 0 Å². The summed E-state index contributed by atoms with van der Waals surface area (Å²) in [6, 6.07) is 16.9. The highest BCUT2D eigenvalue weighted by molar-refractivity contribution is 7.20. The molecule has 0 saturated carbocycles. The number of aromatic nitrogens is 4. The van der Waals surface area contributed by atoms with E-state index in [1.807, 2.05) is 42.5 Å². The van der Waals surface area contributed by atoms with Gasteiger partial charge in [-0.15, -0.1) is 15.3 Å². The van der Waals surface area contributed by atoms with Crippen molar-refractivity contribution in [1.82, 2.24) is 19.8 Å². The Morgan fingerprint density at radius 3 is 2.77 bits per heavy atom. The Kier molecular flexibility index (Phi) is 4.47. The molecule has 0 aliphatic heterocycles. The Morgan fingerprint density at radius 2 is 1.96 bits per heavy atom. The molecule has 2 heterocycles. The quantitative estimate of drug-likeness (QED) is 0.539. The Hall–Kier alpha value is -3.03. The van der Waals surface area contributed by atoms with Crippen LogP contribution in [-0.2, 0) is 4.79 Å². The zero-order valence-corrected chi connectivity index (χ0v) is 14.9. The minimum atomic E-state index is -0.261. The molecule has 0 aliphatic rings. The summed E-state index contributed by atoms with van der Waals surface area (Å²) in [6.07, 6.45) is 3.21. The van der Waals surface area contributed by atoms with Crippen LogP contribution in [0.5, 0.6) is 0 Å². The molecule has 0 atom stereocenters. The van der Waals surface area contributed by atoms with Gasteiger partial charge < -0.3 is 0 Å². The number of carbonyl (C=O) groups is 1. The summed E-state index contributed by atoms with van der Waals surface area (Å²) >= 11 is 7.28. The third-order valence-electron chi connectivity index (χ3n) is 3.53. The highest BCUT2D eigenvalue weighted by Gasteiger charge is 2.14. The summed E-state index contributed by atoms with van der Waals surface area (Å²) in [7, 11) is 0. The SMILES string of the molecule is O=C(/C=C/c1ccccc1)Nc1nn2c(-c3cccc(Cl)c3)nnc2s1. The zero-order chi connectivity index (χ0) is 17.9. The number of benzene rings is 2. The first kappa shape index (κ1) is 16.4. The monoisotopic (exact) mass is 381 g/mol. The van der Waals surface area contributed by atoms with Gasteiger partial charge in [0, 0.05) is 16.7 Å². The lowest BCUT2D eigenvalue weighted by molar-refractivity contribution is -0.111. The summed E-state index contributed by atoms with van der Waals surface area (Å²) < 4.78 is 1.59. The van der Waals surface area contributed by atoms with Crippen LogP contribution in [0.4, 0.5) is 5.13 Å². The van der Waals surface area contributed by atoms with Gasteiger partial charge in [0.15, 0.2) is 5.82 Å². The molecule has 0 spiro atoms. The lowest BCUT2D eigenvalue weighted by Gasteiger charge is -1.98.